The first-order valence-electron chi connectivity index (χ1n) is 2.40. The normalized spacial score (nSPS) is 11.6. The molecule has 15 heavy (non-hydrogen) atoms. The topological polar surface area (TPSA) is 143 Å². The molecular weight excluding hydrogens is 363 g/mol. The maximum atomic E-state index is 8.58. The zero-order valence-electron chi connectivity index (χ0n) is 6.74. The molecule has 0 aliphatic rings. The number of rotatable bonds is 0. The van der Waals surface area contributed by atoms with Crippen LogP contribution in [-0.4, -0.2) is 51.4 Å². The summed E-state index contributed by atoms with van der Waals surface area (Å²) in [6.45, 7) is 0. The minimum atomic E-state index is -6.17. The van der Waals surface area contributed by atoms with E-state index in [1.54, 1.807) is 0 Å². The fourth-order valence-corrected chi connectivity index (χ4v) is 1.09. The molecule has 0 saturated heterocycles. The molecule has 9 heteroatoms. The van der Waals surface area contributed by atoms with E-state index in [-0.39, 0.29) is 78.7 Å². The molecule has 6 nitrogen and oxygen atoms in total. The molecule has 0 heterocycles. The predicted octanol–water partition coefficient (Wildman–Crippen LogP) is -0.553. The first-order valence-corrected chi connectivity index (χ1v) is 5.71. The van der Waals surface area contributed by atoms with Gasteiger partial charge in [0.25, 0.3) is 0 Å². The Hall–Kier alpha value is 0.0179. The molecule has 0 aliphatic heterocycles. The summed E-state index contributed by atoms with van der Waals surface area (Å²) >= 11 is 0. The van der Waals surface area contributed by atoms with Gasteiger partial charge in [0.2, 0.25) is 0 Å². The van der Waals surface area contributed by atoms with Crippen LogP contribution in [0.2, 0.25) is 0 Å². The average Bonchev–Trinajstić information content (AvgIpc) is 2.26. The van der Waals surface area contributed by atoms with Gasteiger partial charge in [0.1, 0.15) is 0 Å². The van der Waals surface area contributed by atoms with Crippen LogP contribution < -0.4 is 0 Å². The third-order valence-electron chi connectivity index (χ3n) is 1.19. The van der Waals surface area contributed by atoms with Crippen molar-refractivity contribution in [2.75, 3.05) is 0 Å². The van der Waals surface area contributed by atoms with E-state index in [2.05, 4.69) is 0 Å². The van der Waals surface area contributed by atoms with Crippen molar-refractivity contribution in [3.63, 3.8) is 0 Å². The molecule has 0 unspecified atom stereocenters. The summed E-state index contributed by atoms with van der Waals surface area (Å²) in [6, 6.07) is 0. The fourth-order valence-electron chi connectivity index (χ4n) is 0.265. The number of nitriles is 6. The molecule has 0 bridgehead atoms. The second-order valence-corrected chi connectivity index (χ2v) is 7.42. The van der Waals surface area contributed by atoms with Crippen LogP contribution in [0.1, 0.15) is 0 Å². The zero-order valence-corrected chi connectivity index (χ0v) is 11.9. The molecule has 0 aromatic heterocycles. The molecule has 0 fully saturated rings. The second kappa shape index (κ2) is 5.38. The first kappa shape index (κ1) is 20.4. The van der Waals surface area contributed by atoms with E-state index < -0.39 is 10.7 Å². The van der Waals surface area contributed by atoms with Gasteiger partial charge in [-0.3, -0.25) is 0 Å². The van der Waals surface area contributed by atoms with Crippen molar-refractivity contribution in [2.24, 2.45) is 0 Å². The Bertz CT molecular complexity index is 397. The Morgan fingerprint density at radius 3 is 0.667 bits per heavy atom. The Kier molecular flexibility index (Phi) is 7.33. The maximum absolute atomic E-state index is 8.58. The predicted molar refractivity (Wildman–Crippen MR) is 40.8 cm³/mol. The van der Waals surface area contributed by atoms with Crippen LogP contribution in [-0.2, 0) is 38.0 Å². The third-order valence-corrected chi connectivity index (χ3v) is 4.89. The summed E-state index contributed by atoms with van der Waals surface area (Å²) in [6.07, 6.45) is 0. The second-order valence-electron chi connectivity index (χ2n) is 1.80. The number of hydrogen-bond acceptors (Lipinski definition) is 6. The molecule has 0 amide bonds. The van der Waals surface area contributed by atoms with Gasteiger partial charge in [0.15, 0.2) is 0 Å². The molecule has 0 N–H and O–H groups in total. The van der Waals surface area contributed by atoms with Crippen LogP contribution in [0.5, 0.6) is 0 Å². The first-order chi connectivity index (χ1) is 5.97. The third kappa shape index (κ3) is 2.25. The molecule has 0 radical (unpaired) electrons. The number of hydrogen-bond donors (Lipinski definition) is 0. The van der Waals surface area contributed by atoms with E-state index in [1.165, 1.54) is 0 Å². The van der Waals surface area contributed by atoms with Gasteiger partial charge in [-0.2, -0.15) is 0 Å². The van der Waals surface area contributed by atoms with Crippen LogP contribution >= 0.6 is 0 Å². The number of nitrogens with zero attached hydrogens (tertiary/aromatic N) is 6. The average molecular weight is 364 g/mol. The fraction of sp³-hybridized carbons (Fsp3) is 0. The Morgan fingerprint density at radius 1 is 0.533 bits per heavy atom. The summed E-state index contributed by atoms with van der Waals surface area (Å²) in [7, 11) is -6.17. The SMILES string of the molecule is N#[C][Fe]([C]#N)([C]#N)([C]#N)([C]#N)[C]#N.[Cd].[KH]. The zero-order chi connectivity index (χ0) is 10.7. The summed E-state index contributed by atoms with van der Waals surface area (Å²) < 4.78 is 0. The molecule has 0 atom stereocenters. The molecule has 0 aromatic rings. The minimum absolute atomic E-state index is 0. The van der Waals surface area contributed by atoms with Crippen molar-refractivity contribution in [3.05, 3.63) is 0 Å². The quantitative estimate of drug-likeness (QED) is 0.527. The van der Waals surface area contributed by atoms with Crippen LogP contribution in [0, 0.1) is 61.4 Å². The monoisotopic (exact) mass is 366 g/mol. The molecule has 0 spiro atoms. The van der Waals surface area contributed by atoms with Crippen molar-refractivity contribution in [3.8, 4) is 29.8 Å². The van der Waals surface area contributed by atoms with Gasteiger partial charge in [-0.1, -0.05) is 0 Å². The van der Waals surface area contributed by atoms with Gasteiger partial charge in [-0.05, 0) is 0 Å². The molecular formula is C6HCdFeKN6. The van der Waals surface area contributed by atoms with Crippen LogP contribution in [0.3, 0.4) is 0 Å². The summed E-state index contributed by atoms with van der Waals surface area (Å²) in [5.41, 5.74) is 0. The van der Waals surface area contributed by atoms with E-state index in [9.17, 15) is 0 Å². The molecule has 0 aliphatic carbocycles. The van der Waals surface area contributed by atoms with Gasteiger partial charge in [-0.25, -0.2) is 0 Å². The van der Waals surface area contributed by atoms with E-state index in [0.29, 0.717) is 0 Å². The van der Waals surface area contributed by atoms with Gasteiger partial charge in [0.05, 0.1) is 0 Å². The van der Waals surface area contributed by atoms with Crippen molar-refractivity contribution >= 4 is 51.4 Å². The van der Waals surface area contributed by atoms with Gasteiger partial charge in [0, 0.05) is 27.3 Å². The standard InChI is InChI=1S/6CN.Cd.Fe.K.H/c6*1-2;;;;. The summed E-state index contributed by atoms with van der Waals surface area (Å²) in [4.78, 5) is 6.19. The molecule has 0 rings (SSSR count). The van der Waals surface area contributed by atoms with Crippen molar-refractivity contribution in [1.29, 1.82) is 31.6 Å². The van der Waals surface area contributed by atoms with E-state index in [1.807, 2.05) is 0 Å². The summed E-state index contributed by atoms with van der Waals surface area (Å²) in [5.74, 6) is 0. The summed E-state index contributed by atoms with van der Waals surface area (Å²) in [5, 5.41) is 51.5. The van der Waals surface area contributed by atoms with Gasteiger partial charge >= 0.3 is 123 Å². The van der Waals surface area contributed by atoms with Crippen molar-refractivity contribution in [2.45, 2.75) is 0 Å². The van der Waals surface area contributed by atoms with Crippen LogP contribution in [0.25, 0.3) is 0 Å². The van der Waals surface area contributed by atoms with E-state index in [4.69, 9.17) is 31.6 Å². The van der Waals surface area contributed by atoms with Crippen molar-refractivity contribution < 1.29 is 38.0 Å². The molecule has 0 saturated carbocycles. The van der Waals surface area contributed by atoms with E-state index in [0.717, 1.165) is 29.8 Å². The van der Waals surface area contributed by atoms with Crippen molar-refractivity contribution in [1.82, 2.24) is 0 Å². The molecule has 0 aromatic carbocycles. The Morgan fingerprint density at radius 2 is 0.667 bits per heavy atom. The Balaban J connectivity index is -0.000000720. The van der Waals surface area contributed by atoms with Crippen LogP contribution in [0.15, 0.2) is 0 Å². The molecule has 66 valence electrons. The Labute approximate surface area is 148 Å². The van der Waals surface area contributed by atoms with Gasteiger partial charge < -0.3 is 0 Å². The van der Waals surface area contributed by atoms with E-state index >= 15 is 0 Å². The van der Waals surface area contributed by atoms with Gasteiger partial charge in [-0.15, -0.1) is 0 Å². The van der Waals surface area contributed by atoms with Crippen LogP contribution in [0.4, 0.5) is 0 Å².